The number of hydrogen-bond donors (Lipinski definition) is 2. The molecule has 0 aliphatic rings. The average Bonchev–Trinajstić information content (AvgIpc) is 2.92. The van der Waals surface area contributed by atoms with Crippen LogP contribution in [0.15, 0.2) is 28.2 Å². The summed E-state index contributed by atoms with van der Waals surface area (Å²) in [5, 5.41) is 9.92. The van der Waals surface area contributed by atoms with Crippen LogP contribution in [0.3, 0.4) is 0 Å². The molecule has 0 aliphatic carbocycles. The van der Waals surface area contributed by atoms with Crippen molar-refractivity contribution < 1.29 is 9.53 Å². The number of thioether (sulfide) groups is 1. The van der Waals surface area contributed by atoms with Gasteiger partial charge < -0.3 is 10.1 Å². The van der Waals surface area contributed by atoms with E-state index in [2.05, 4.69) is 15.5 Å². The summed E-state index contributed by atoms with van der Waals surface area (Å²) in [6, 6.07) is 5.35. The Hall–Kier alpha value is -1.77. The maximum atomic E-state index is 12.4. The van der Waals surface area contributed by atoms with Gasteiger partial charge >= 0.3 is 5.69 Å². The summed E-state index contributed by atoms with van der Waals surface area (Å²) in [7, 11) is 1.61. The highest BCUT2D eigenvalue weighted by Gasteiger charge is 2.19. The summed E-state index contributed by atoms with van der Waals surface area (Å²) in [6.07, 6.45) is 0.686. The molecule has 1 aromatic carbocycles. The van der Waals surface area contributed by atoms with E-state index in [4.69, 9.17) is 16.3 Å². The Bertz CT molecular complexity index is 790. The molecular weight excluding hydrogens is 364 g/mol. The number of hydrogen-bond acceptors (Lipinski definition) is 5. The van der Waals surface area contributed by atoms with E-state index in [-0.39, 0.29) is 11.6 Å². The van der Waals surface area contributed by atoms with Gasteiger partial charge in [0.25, 0.3) is 0 Å². The molecule has 1 aromatic heterocycles. The molecule has 0 spiro atoms. The zero-order valence-electron chi connectivity index (χ0n) is 14.3. The number of anilines is 1. The van der Waals surface area contributed by atoms with Gasteiger partial charge in [0.05, 0.1) is 5.25 Å². The normalized spacial score (nSPS) is 12.2. The summed E-state index contributed by atoms with van der Waals surface area (Å²) in [6.45, 7) is 4.63. The molecule has 0 radical (unpaired) electrons. The number of nitrogens with one attached hydrogen (secondary N) is 2. The predicted molar refractivity (Wildman–Crippen MR) is 99.5 cm³/mol. The highest BCUT2D eigenvalue weighted by molar-refractivity contribution is 8.00. The number of rotatable bonds is 8. The fourth-order valence-corrected chi connectivity index (χ4v) is 3.20. The van der Waals surface area contributed by atoms with Crippen LogP contribution in [0.25, 0.3) is 0 Å². The molecule has 9 heteroatoms. The lowest BCUT2D eigenvalue weighted by molar-refractivity contribution is -0.115. The van der Waals surface area contributed by atoms with Gasteiger partial charge in [-0.25, -0.2) is 9.89 Å². The number of carbonyl (C=O) groups excluding carboxylic acids is 1. The van der Waals surface area contributed by atoms with Crippen molar-refractivity contribution in [3.63, 3.8) is 0 Å². The monoisotopic (exact) mass is 384 g/mol. The number of carbonyl (C=O) groups is 1. The number of amides is 1. The molecule has 0 aliphatic heterocycles. The summed E-state index contributed by atoms with van der Waals surface area (Å²) in [5.74, 6) is -0.186. The topological polar surface area (TPSA) is 89.0 Å². The van der Waals surface area contributed by atoms with Gasteiger partial charge in [-0.2, -0.15) is 0 Å². The molecule has 7 nitrogen and oxygen atoms in total. The van der Waals surface area contributed by atoms with Crippen LogP contribution < -0.4 is 11.0 Å². The summed E-state index contributed by atoms with van der Waals surface area (Å²) in [5.41, 5.74) is 1.19. The fraction of sp³-hybridized carbons (Fsp3) is 0.438. The summed E-state index contributed by atoms with van der Waals surface area (Å²) < 4.78 is 6.51. The first-order chi connectivity index (χ1) is 11.9. The van der Waals surface area contributed by atoms with Crippen LogP contribution in [-0.2, 0) is 16.1 Å². The number of aromatic nitrogens is 3. The number of benzene rings is 1. The van der Waals surface area contributed by atoms with Crippen molar-refractivity contribution in [2.45, 2.75) is 37.2 Å². The molecule has 0 fully saturated rings. The second-order valence-electron chi connectivity index (χ2n) is 5.47. The van der Waals surface area contributed by atoms with Crippen molar-refractivity contribution in [3.8, 4) is 0 Å². The van der Waals surface area contributed by atoms with Crippen molar-refractivity contribution in [2.75, 3.05) is 19.0 Å². The molecule has 0 bridgehead atoms. The third-order valence-electron chi connectivity index (χ3n) is 3.63. The minimum absolute atomic E-state index is 0.186. The van der Waals surface area contributed by atoms with E-state index in [1.54, 1.807) is 32.2 Å². The first-order valence-electron chi connectivity index (χ1n) is 7.80. The van der Waals surface area contributed by atoms with Gasteiger partial charge in [-0.15, -0.1) is 5.10 Å². The lowest BCUT2D eigenvalue weighted by atomic mass is 10.2. The highest BCUT2D eigenvalue weighted by Crippen LogP contribution is 2.25. The van der Waals surface area contributed by atoms with E-state index in [0.29, 0.717) is 35.4 Å². The Labute approximate surface area is 155 Å². The number of aromatic amines is 1. The molecule has 136 valence electrons. The quantitative estimate of drug-likeness (QED) is 0.539. The zero-order chi connectivity index (χ0) is 18.4. The standard InChI is InChI=1S/C16H21ClN4O3S/c1-10-12(17)6-4-7-13(10)18-14(22)11(2)25-16-20-19-15(23)21(16)8-5-9-24-3/h4,6-7,11H,5,8-9H2,1-3H3,(H,18,22)(H,19,23). The summed E-state index contributed by atoms with van der Waals surface area (Å²) in [4.78, 5) is 24.3. The van der Waals surface area contributed by atoms with Gasteiger partial charge in [0, 0.05) is 31.0 Å². The van der Waals surface area contributed by atoms with Gasteiger partial charge in [0.2, 0.25) is 5.91 Å². The van der Waals surface area contributed by atoms with Crippen LogP contribution in [-0.4, -0.2) is 39.6 Å². The minimum Gasteiger partial charge on any atom is -0.385 e. The summed E-state index contributed by atoms with van der Waals surface area (Å²) >= 11 is 7.29. The van der Waals surface area contributed by atoms with E-state index < -0.39 is 5.25 Å². The Kier molecular flexibility index (Phi) is 7.10. The zero-order valence-corrected chi connectivity index (χ0v) is 15.9. The lowest BCUT2D eigenvalue weighted by Crippen LogP contribution is -2.24. The molecule has 1 unspecified atom stereocenters. The predicted octanol–water partition coefficient (Wildman–Crippen LogP) is 2.69. The molecule has 2 N–H and O–H groups in total. The highest BCUT2D eigenvalue weighted by atomic mass is 35.5. The largest absolute Gasteiger partial charge is 0.385 e. The van der Waals surface area contributed by atoms with E-state index in [1.165, 1.54) is 16.3 Å². The second kappa shape index (κ2) is 9.07. The van der Waals surface area contributed by atoms with Crippen molar-refractivity contribution >= 4 is 35.0 Å². The van der Waals surface area contributed by atoms with Crippen LogP contribution in [0, 0.1) is 6.92 Å². The Morgan fingerprint density at radius 2 is 2.28 bits per heavy atom. The maximum absolute atomic E-state index is 12.4. The molecule has 1 atom stereocenters. The number of methoxy groups -OCH3 is 1. The van der Waals surface area contributed by atoms with Gasteiger partial charge in [0.15, 0.2) is 5.16 Å². The molecule has 0 saturated carbocycles. The number of nitrogens with zero attached hydrogens (tertiary/aromatic N) is 2. The van der Waals surface area contributed by atoms with Gasteiger partial charge in [-0.3, -0.25) is 9.36 Å². The van der Waals surface area contributed by atoms with Crippen molar-refractivity contribution in [1.29, 1.82) is 0 Å². The van der Waals surface area contributed by atoms with Crippen molar-refractivity contribution in [2.24, 2.45) is 0 Å². The molecular formula is C16H21ClN4O3S. The lowest BCUT2D eigenvalue weighted by Gasteiger charge is -2.14. The maximum Gasteiger partial charge on any atom is 0.343 e. The van der Waals surface area contributed by atoms with Gasteiger partial charge in [0.1, 0.15) is 0 Å². The average molecular weight is 385 g/mol. The van der Waals surface area contributed by atoms with E-state index in [9.17, 15) is 9.59 Å². The Balaban J connectivity index is 2.04. The van der Waals surface area contributed by atoms with Crippen molar-refractivity contribution in [3.05, 3.63) is 39.3 Å². The van der Waals surface area contributed by atoms with E-state index >= 15 is 0 Å². The van der Waals surface area contributed by atoms with E-state index in [1.807, 2.05) is 6.92 Å². The third kappa shape index (κ3) is 5.10. The van der Waals surface area contributed by atoms with Gasteiger partial charge in [-0.05, 0) is 38.0 Å². The van der Waals surface area contributed by atoms with E-state index in [0.717, 1.165) is 5.56 Å². The molecule has 1 heterocycles. The van der Waals surface area contributed by atoms with Crippen LogP contribution in [0.5, 0.6) is 0 Å². The minimum atomic E-state index is -0.435. The smallest absolute Gasteiger partial charge is 0.343 e. The molecule has 0 saturated heterocycles. The Morgan fingerprint density at radius 1 is 1.52 bits per heavy atom. The Morgan fingerprint density at radius 3 is 3.00 bits per heavy atom. The fourth-order valence-electron chi connectivity index (χ4n) is 2.15. The first kappa shape index (κ1) is 19.6. The number of halogens is 1. The number of ether oxygens (including phenoxy) is 1. The van der Waals surface area contributed by atoms with Crippen LogP contribution >= 0.6 is 23.4 Å². The van der Waals surface area contributed by atoms with Crippen molar-refractivity contribution in [1.82, 2.24) is 14.8 Å². The first-order valence-corrected chi connectivity index (χ1v) is 9.06. The number of H-pyrrole nitrogens is 1. The SMILES string of the molecule is COCCCn1c(SC(C)C(=O)Nc2cccc(Cl)c2C)n[nH]c1=O. The second-order valence-corrected chi connectivity index (χ2v) is 7.19. The molecule has 25 heavy (non-hydrogen) atoms. The van der Waals surface area contributed by atoms with Gasteiger partial charge in [-0.1, -0.05) is 29.4 Å². The van der Waals surface area contributed by atoms with Crippen LogP contribution in [0.1, 0.15) is 18.9 Å². The molecule has 2 aromatic rings. The third-order valence-corrected chi connectivity index (χ3v) is 5.13. The van der Waals surface area contributed by atoms with Crippen LogP contribution in [0.2, 0.25) is 5.02 Å². The molecule has 2 rings (SSSR count). The van der Waals surface area contributed by atoms with Crippen LogP contribution in [0.4, 0.5) is 5.69 Å². The molecule has 1 amide bonds.